The summed E-state index contributed by atoms with van der Waals surface area (Å²) in [4.78, 5) is 29.8. The van der Waals surface area contributed by atoms with Crippen LogP contribution in [0.2, 0.25) is 0 Å². The lowest BCUT2D eigenvalue weighted by atomic mass is 10.1. The lowest BCUT2D eigenvalue weighted by molar-refractivity contribution is 0.523. The number of aryl methyl sites for hydroxylation is 2. The fraction of sp³-hybridized carbons (Fsp3) is 0.500. The minimum absolute atomic E-state index is 0.141. The zero-order valence-electron chi connectivity index (χ0n) is 13.8. The molecule has 1 aliphatic rings. The highest BCUT2D eigenvalue weighted by atomic mass is 16.1. The maximum atomic E-state index is 11.9. The van der Waals surface area contributed by atoms with Gasteiger partial charge in [-0.15, -0.1) is 0 Å². The quantitative estimate of drug-likeness (QED) is 0.894. The van der Waals surface area contributed by atoms with Crippen molar-refractivity contribution in [3.8, 4) is 0 Å². The Balaban J connectivity index is 1.77. The second-order valence-corrected chi connectivity index (χ2v) is 6.00. The zero-order chi connectivity index (χ0) is 16.4. The van der Waals surface area contributed by atoms with Crippen LogP contribution >= 0.6 is 0 Å². The Labute approximate surface area is 135 Å². The maximum Gasteiger partial charge on any atom is 0.290 e. The van der Waals surface area contributed by atoms with Crippen LogP contribution in [0.1, 0.15) is 29.9 Å². The first-order chi connectivity index (χ1) is 11.0. The number of anilines is 2. The van der Waals surface area contributed by atoms with Crippen molar-refractivity contribution in [2.24, 2.45) is 0 Å². The van der Waals surface area contributed by atoms with Crippen molar-refractivity contribution in [2.45, 2.75) is 39.7 Å². The molecule has 7 nitrogen and oxygen atoms in total. The average Bonchev–Trinajstić information content (AvgIpc) is 2.53. The molecule has 0 amide bonds. The molecule has 0 saturated carbocycles. The van der Waals surface area contributed by atoms with Gasteiger partial charge in [-0.3, -0.25) is 4.79 Å². The molecule has 3 heterocycles. The molecule has 1 saturated heterocycles. The molecule has 0 bridgehead atoms. The highest BCUT2D eigenvalue weighted by molar-refractivity contribution is 5.47. The summed E-state index contributed by atoms with van der Waals surface area (Å²) in [5.41, 5.74) is 1.93. The minimum Gasteiger partial charge on any atom is -0.365 e. The smallest absolute Gasteiger partial charge is 0.290 e. The molecule has 2 N–H and O–H groups in total. The third kappa shape index (κ3) is 3.33. The Morgan fingerprint density at radius 1 is 1.30 bits per heavy atom. The first-order valence-corrected chi connectivity index (χ1v) is 7.91. The van der Waals surface area contributed by atoms with E-state index in [-0.39, 0.29) is 11.6 Å². The summed E-state index contributed by atoms with van der Waals surface area (Å²) >= 11 is 0. The second-order valence-electron chi connectivity index (χ2n) is 6.00. The van der Waals surface area contributed by atoms with Crippen molar-refractivity contribution in [3.05, 3.63) is 39.8 Å². The van der Waals surface area contributed by atoms with Gasteiger partial charge in [0.05, 0.1) is 0 Å². The molecule has 0 aliphatic carbocycles. The number of nitrogens with one attached hydrogen (secondary N) is 2. The standard InChI is InChI=1S/C16H22N6O/c1-10-11(2)19-12(3)20-14(10)21-13-5-4-8-22(9-13)15-16(23)18-7-6-17-15/h6-7,13H,4-5,8-9H2,1-3H3,(H,18,23)(H,19,20,21). The van der Waals surface area contributed by atoms with E-state index in [9.17, 15) is 4.79 Å². The van der Waals surface area contributed by atoms with Crippen molar-refractivity contribution in [3.63, 3.8) is 0 Å². The van der Waals surface area contributed by atoms with Crippen LogP contribution in [0.5, 0.6) is 0 Å². The molecule has 3 rings (SSSR count). The lowest BCUT2D eigenvalue weighted by Crippen LogP contribution is -2.44. The monoisotopic (exact) mass is 314 g/mol. The molecule has 122 valence electrons. The van der Waals surface area contributed by atoms with Gasteiger partial charge in [0, 0.05) is 42.8 Å². The number of rotatable bonds is 3. The minimum atomic E-state index is -0.141. The Kier molecular flexibility index (Phi) is 4.27. The van der Waals surface area contributed by atoms with Crippen molar-refractivity contribution < 1.29 is 0 Å². The molecule has 1 atom stereocenters. The van der Waals surface area contributed by atoms with Gasteiger partial charge in [-0.25, -0.2) is 15.0 Å². The van der Waals surface area contributed by atoms with Crippen LogP contribution in [0.3, 0.4) is 0 Å². The normalized spacial score (nSPS) is 18.0. The molecule has 0 radical (unpaired) electrons. The molecular weight excluding hydrogens is 292 g/mol. The lowest BCUT2D eigenvalue weighted by Gasteiger charge is -2.33. The Hall–Kier alpha value is -2.44. The van der Waals surface area contributed by atoms with E-state index in [1.54, 1.807) is 12.4 Å². The molecule has 1 fully saturated rings. The number of H-pyrrole nitrogens is 1. The molecular formula is C16H22N6O. The average molecular weight is 314 g/mol. The molecule has 1 aliphatic heterocycles. The largest absolute Gasteiger partial charge is 0.365 e. The van der Waals surface area contributed by atoms with E-state index in [0.29, 0.717) is 5.82 Å². The number of hydrogen-bond acceptors (Lipinski definition) is 6. The first-order valence-electron chi connectivity index (χ1n) is 7.91. The van der Waals surface area contributed by atoms with Gasteiger partial charge in [0.15, 0.2) is 5.82 Å². The van der Waals surface area contributed by atoms with E-state index < -0.39 is 0 Å². The third-order valence-corrected chi connectivity index (χ3v) is 4.25. The Bertz CT molecular complexity index is 756. The van der Waals surface area contributed by atoms with Gasteiger partial charge in [0.1, 0.15) is 11.6 Å². The topological polar surface area (TPSA) is 86.8 Å². The van der Waals surface area contributed by atoms with E-state index in [4.69, 9.17) is 0 Å². The molecule has 7 heteroatoms. The molecule has 1 unspecified atom stereocenters. The van der Waals surface area contributed by atoms with Crippen LogP contribution in [0.4, 0.5) is 11.6 Å². The fourth-order valence-electron chi connectivity index (χ4n) is 2.96. The molecule has 0 spiro atoms. The zero-order valence-corrected chi connectivity index (χ0v) is 13.8. The van der Waals surface area contributed by atoms with Crippen molar-refractivity contribution >= 4 is 11.6 Å². The molecule has 2 aromatic rings. The number of piperidine rings is 1. The molecule has 0 aromatic carbocycles. The molecule has 2 aromatic heterocycles. The van der Waals surface area contributed by atoms with Crippen molar-refractivity contribution in [2.75, 3.05) is 23.3 Å². The van der Waals surface area contributed by atoms with E-state index in [0.717, 1.165) is 48.8 Å². The van der Waals surface area contributed by atoms with E-state index in [2.05, 4.69) is 25.3 Å². The van der Waals surface area contributed by atoms with Gasteiger partial charge in [0.25, 0.3) is 5.56 Å². The van der Waals surface area contributed by atoms with E-state index in [1.807, 2.05) is 25.7 Å². The van der Waals surface area contributed by atoms with E-state index in [1.165, 1.54) is 0 Å². The third-order valence-electron chi connectivity index (χ3n) is 4.25. The summed E-state index contributed by atoms with van der Waals surface area (Å²) in [5.74, 6) is 2.15. The first kappa shape index (κ1) is 15.5. The number of aromatic amines is 1. The second kappa shape index (κ2) is 6.36. The van der Waals surface area contributed by atoms with Crippen LogP contribution in [0.25, 0.3) is 0 Å². The van der Waals surface area contributed by atoms with Crippen LogP contribution < -0.4 is 15.8 Å². The summed E-state index contributed by atoms with van der Waals surface area (Å²) in [6.45, 7) is 7.51. The predicted octanol–water partition coefficient (Wildman–Crippen LogP) is 1.57. The summed E-state index contributed by atoms with van der Waals surface area (Å²) < 4.78 is 0. The van der Waals surface area contributed by atoms with Crippen LogP contribution in [0, 0.1) is 20.8 Å². The van der Waals surface area contributed by atoms with Gasteiger partial charge in [-0.05, 0) is 33.6 Å². The van der Waals surface area contributed by atoms with Crippen LogP contribution in [0.15, 0.2) is 17.2 Å². The highest BCUT2D eigenvalue weighted by Crippen LogP contribution is 2.20. The van der Waals surface area contributed by atoms with Gasteiger partial charge < -0.3 is 15.2 Å². The highest BCUT2D eigenvalue weighted by Gasteiger charge is 2.23. The Morgan fingerprint density at radius 3 is 2.91 bits per heavy atom. The van der Waals surface area contributed by atoms with Crippen molar-refractivity contribution in [1.29, 1.82) is 0 Å². The Morgan fingerprint density at radius 2 is 2.13 bits per heavy atom. The fourth-order valence-corrected chi connectivity index (χ4v) is 2.96. The van der Waals surface area contributed by atoms with Crippen molar-refractivity contribution in [1.82, 2.24) is 19.9 Å². The van der Waals surface area contributed by atoms with Crippen LogP contribution in [-0.4, -0.2) is 39.1 Å². The van der Waals surface area contributed by atoms with Gasteiger partial charge in [-0.2, -0.15) is 0 Å². The molecule has 23 heavy (non-hydrogen) atoms. The number of hydrogen-bond donors (Lipinski definition) is 2. The summed E-state index contributed by atoms with van der Waals surface area (Å²) in [5, 5.41) is 3.52. The number of nitrogens with zero attached hydrogens (tertiary/aromatic N) is 4. The maximum absolute atomic E-state index is 11.9. The van der Waals surface area contributed by atoms with Gasteiger partial charge >= 0.3 is 0 Å². The summed E-state index contributed by atoms with van der Waals surface area (Å²) in [6, 6.07) is 0.234. The van der Waals surface area contributed by atoms with Crippen LogP contribution in [-0.2, 0) is 0 Å². The van der Waals surface area contributed by atoms with Gasteiger partial charge in [0.2, 0.25) is 0 Å². The SMILES string of the molecule is Cc1nc(C)c(C)c(NC2CCCN(c3ncc[nH]c3=O)C2)n1. The number of aromatic nitrogens is 4. The summed E-state index contributed by atoms with van der Waals surface area (Å²) in [7, 11) is 0. The van der Waals surface area contributed by atoms with Gasteiger partial charge in [-0.1, -0.05) is 0 Å². The predicted molar refractivity (Wildman–Crippen MR) is 90.0 cm³/mol. The van der Waals surface area contributed by atoms with E-state index >= 15 is 0 Å². The summed E-state index contributed by atoms with van der Waals surface area (Å²) in [6.07, 6.45) is 5.23.